The first-order valence-electron chi connectivity index (χ1n) is 8.81. The van der Waals surface area contributed by atoms with Crippen molar-refractivity contribution in [2.75, 3.05) is 29.9 Å². The predicted octanol–water partition coefficient (Wildman–Crippen LogP) is 4.48. The third-order valence-corrected chi connectivity index (χ3v) is 5.65. The molecule has 0 atom stereocenters. The number of nitrogens with zero attached hydrogens (tertiary/aromatic N) is 2. The summed E-state index contributed by atoms with van der Waals surface area (Å²) >= 11 is 1.90. The first kappa shape index (κ1) is 16.9. The third kappa shape index (κ3) is 3.27. The Morgan fingerprint density at radius 1 is 1.08 bits per heavy atom. The molecule has 0 bridgehead atoms. The molecule has 1 amide bonds. The molecule has 5 heteroatoms. The zero-order chi connectivity index (χ0) is 17.9. The minimum atomic E-state index is 0.0552. The summed E-state index contributed by atoms with van der Waals surface area (Å²) in [6, 6.07) is 16.1. The lowest BCUT2D eigenvalue weighted by Gasteiger charge is -2.27. The van der Waals surface area contributed by atoms with E-state index in [-0.39, 0.29) is 5.91 Å². The summed E-state index contributed by atoms with van der Waals surface area (Å²) in [5, 5.41) is 4.48. The van der Waals surface area contributed by atoms with Gasteiger partial charge >= 0.3 is 0 Å². The van der Waals surface area contributed by atoms with E-state index >= 15 is 0 Å². The smallest absolute Gasteiger partial charge is 0.257 e. The van der Waals surface area contributed by atoms with Crippen LogP contribution in [-0.4, -0.2) is 40.4 Å². The van der Waals surface area contributed by atoms with Gasteiger partial charge in [-0.2, -0.15) is 11.8 Å². The van der Waals surface area contributed by atoms with Gasteiger partial charge in [-0.15, -0.1) is 0 Å². The van der Waals surface area contributed by atoms with Gasteiger partial charge in [-0.25, -0.2) is 0 Å². The van der Waals surface area contributed by atoms with E-state index in [9.17, 15) is 4.79 Å². The zero-order valence-electron chi connectivity index (χ0n) is 14.7. The number of fused-ring (bicyclic) bond motifs is 1. The number of thioether (sulfide) groups is 1. The van der Waals surface area contributed by atoms with Gasteiger partial charge in [0.25, 0.3) is 5.91 Å². The molecule has 2 heterocycles. The summed E-state index contributed by atoms with van der Waals surface area (Å²) < 4.78 is 0. The minimum absolute atomic E-state index is 0.0552. The van der Waals surface area contributed by atoms with Crippen LogP contribution < -0.4 is 5.32 Å². The monoisotopic (exact) mass is 363 g/mol. The van der Waals surface area contributed by atoms with Gasteiger partial charge in [0.15, 0.2) is 0 Å². The molecule has 1 aromatic heterocycles. The summed E-state index contributed by atoms with van der Waals surface area (Å²) in [6.07, 6.45) is 1.72. The molecule has 0 radical (unpaired) electrons. The highest BCUT2D eigenvalue weighted by Gasteiger charge is 2.23. The average Bonchev–Trinajstić information content (AvgIpc) is 2.70. The highest BCUT2D eigenvalue weighted by Crippen LogP contribution is 2.31. The van der Waals surface area contributed by atoms with Gasteiger partial charge in [0.1, 0.15) is 0 Å². The number of carbonyl (C=O) groups is 1. The van der Waals surface area contributed by atoms with Gasteiger partial charge in [-0.1, -0.05) is 36.4 Å². The van der Waals surface area contributed by atoms with Crippen LogP contribution in [0.5, 0.6) is 0 Å². The number of rotatable bonds is 3. The number of aryl methyl sites for hydroxylation is 1. The van der Waals surface area contributed by atoms with E-state index in [4.69, 9.17) is 0 Å². The van der Waals surface area contributed by atoms with Gasteiger partial charge in [0.2, 0.25) is 0 Å². The lowest BCUT2D eigenvalue weighted by atomic mass is 10.1. The van der Waals surface area contributed by atoms with Crippen molar-refractivity contribution in [2.24, 2.45) is 0 Å². The van der Waals surface area contributed by atoms with Crippen molar-refractivity contribution in [1.82, 2.24) is 9.88 Å². The van der Waals surface area contributed by atoms with Crippen molar-refractivity contribution in [1.29, 1.82) is 0 Å². The molecular weight excluding hydrogens is 342 g/mol. The summed E-state index contributed by atoms with van der Waals surface area (Å²) in [7, 11) is 0. The number of para-hydroxylation sites is 2. The van der Waals surface area contributed by atoms with Crippen LogP contribution in [0.4, 0.5) is 11.4 Å². The Morgan fingerprint density at radius 3 is 2.62 bits per heavy atom. The molecule has 0 aliphatic carbocycles. The molecule has 1 N–H and O–H groups in total. The van der Waals surface area contributed by atoms with Crippen LogP contribution in [0.1, 0.15) is 15.9 Å². The second-order valence-corrected chi connectivity index (χ2v) is 7.63. The zero-order valence-corrected chi connectivity index (χ0v) is 15.6. The molecule has 26 heavy (non-hydrogen) atoms. The number of nitrogens with one attached hydrogen (secondary N) is 1. The molecule has 1 aliphatic heterocycles. The van der Waals surface area contributed by atoms with Crippen molar-refractivity contribution in [3.05, 3.63) is 65.9 Å². The largest absolute Gasteiger partial charge is 0.354 e. The topological polar surface area (TPSA) is 45.2 Å². The number of benzene rings is 2. The minimum Gasteiger partial charge on any atom is -0.354 e. The highest BCUT2D eigenvalue weighted by atomic mass is 32.2. The van der Waals surface area contributed by atoms with Crippen LogP contribution in [0.3, 0.4) is 0 Å². The Balaban J connectivity index is 1.81. The highest BCUT2D eigenvalue weighted by molar-refractivity contribution is 7.99. The van der Waals surface area contributed by atoms with Gasteiger partial charge in [0.05, 0.1) is 16.8 Å². The lowest BCUT2D eigenvalue weighted by Crippen LogP contribution is -2.38. The number of pyridine rings is 1. The molecule has 4 rings (SSSR count). The second-order valence-electron chi connectivity index (χ2n) is 6.41. The molecule has 1 aliphatic rings. The Bertz CT molecular complexity index is 951. The third-order valence-electron chi connectivity index (χ3n) is 4.71. The Labute approximate surface area is 157 Å². The summed E-state index contributed by atoms with van der Waals surface area (Å²) in [4.78, 5) is 19.6. The number of amides is 1. The van der Waals surface area contributed by atoms with Crippen molar-refractivity contribution in [3.63, 3.8) is 0 Å². The predicted molar refractivity (Wildman–Crippen MR) is 109 cm³/mol. The fourth-order valence-electron chi connectivity index (χ4n) is 3.22. The fraction of sp³-hybridized carbons (Fsp3) is 0.238. The summed E-state index contributed by atoms with van der Waals surface area (Å²) in [5.74, 6) is 2.04. The van der Waals surface area contributed by atoms with E-state index in [1.807, 2.05) is 59.1 Å². The number of carbonyl (C=O) groups excluding carboxylic acids is 1. The molecule has 1 saturated heterocycles. The van der Waals surface area contributed by atoms with Gasteiger partial charge in [-0.05, 0) is 24.6 Å². The molecule has 3 aromatic rings. The molecule has 0 spiro atoms. The van der Waals surface area contributed by atoms with Crippen LogP contribution >= 0.6 is 11.8 Å². The molecule has 0 saturated carbocycles. The summed E-state index contributed by atoms with van der Waals surface area (Å²) in [5.41, 5.74) is 4.51. The lowest BCUT2D eigenvalue weighted by molar-refractivity contribution is 0.0773. The van der Waals surface area contributed by atoms with E-state index in [1.54, 1.807) is 6.20 Å². The molecule has 132 valence electrons. The van der Waals surface area contributed by atoms with Crippen molar-refractivity contribution < 1.29 is 4.79 Å². The van der Waals surface area contributed by atoms with Gasteiger partial charge < -0.3 is 10.2 Å². The molecule has 1 fully saturated rings. The van der Waals surface area contributed by atoms with Crippen molar-refractivity contribution in [2.45, 2.75) is 6.92 Å². The molecule has 2 aromatic carbocycles. The average molecular weight is 363 g/mol. The first-order valence-corrected chi connectivity index (χ1v) is 9.97. The van der Waals surface area contributed by atoms with Crippen molar-refractivity contribution in [3.8, 4) is 0 Å². The standard InChI is InChI=1S/C21H21N3OS/c1-15-6-2-4-8-18(15)23-20-16-7-3-5-9-19(16)22-14-17(20)21(25)24-10-12-26-13-11-24/h2-9,14H,10-13H2,1H3,(H,22,23). The fourth-order valence-corrected chi connectivity index (χ4v) is 4.13. The van der Waals surface area contributed by atoms with Crippen LogP contribution in [0.15, 0.2) is 54.7 Å². The maximum absolute atomic E-state index is 13.2. The maximum Gasteiger partial charge on any atom is 0.257 e. The van der Waals surface area contributed by atoms with Crippen LogP contribution in [0.2, 0.25) is 0 Å². The Morgan fingerprint density at radius 2 is 1.81 bits per heavy atom. The van der Waals surface area contributed by atoms with Crippen molar-refractivity contribution >= 4 is 39.9 Å². The van der Waals surface area contributed by atoms with E-state index < -0.39 is 0 Å². The molecule has 4 nitrogen and oxygen atoms in total. The Kier molecular flexibility index (Phi) is 4.80. The van der Waals surface area contributed by atoms with E-state index in [2.05, 4.69) is 23.3 Å². The summed E-state index contributed by atoms with van der Waals surface area (Å²) in [6.45, 7) is 3.65. The maximum atomic E-state index is 13.2. The van der Waals surface area contributed by atoms with Crippen LogP contribution in [-0.2, 0) is 0 Å². The van der Waals surface area contributed by atoms with Gasteiger partial charge in [-0.3, -0.25) is 9.78 Å². The molecular formula is C21H21N3OS. The van der Waals surface area contributed by atoms with Crippen LogP contribution in [0, 0.1) is 6.92 Å². The normalized spacial score (nSPS) is 14.4. The van der Waals surface area contributed by atoms with Crippen LogP contribution in [0.25, 0.3) is 10.9 Å². The SMILES string of the molecule is Cc1ccccc1Nc1c(C(=O)N2CCSCC2)cnc2ccccc12. The van der Waals surface area contributed by atoms with E-state index in [1.165, 1.54) is 0 Å². The number of aromatic nitrogens is 1. The number of hydrogen-bond acceptors (Lipinski definition) is 4. The number of hydrogen-bond donors (Lipinski definition) is 1. The Hall–Kier alpha value is -2.53. The van der Waals surface area contributed by atoms with E-state index in [0.717, 1.165) is 52.4 Å². The quantitative estimate of drug-likeness (QED) is 0.745. The van der Waals surface area contributed by atoms with E-state index in [0.29, 0.717) is 5.56 Å². The van der Waals surface area contributed by atoms with Gasteiger partial charge in [0, 0.05) is 41.9 Å². The second kappa shape index (κ2) is 7.38. The first-order chi connectivity index (χ1) is 12.7. The number of anilines is 2. The molecule has 0 unspecified atom stereocenters.